The van der Waals surface area contributed by atoms with Crippen molar-refractivity contribution in [3.05, 3.63) is 53.7 Å². The number of benzene rings is 1. The van der Waals surface area contributed by atoms with Gasteiger partial charge in [0.2, 0.25) is 11.9 Å². The number of aromatic nitrogens is 4. The van der Waals surface area contributed by atoms with Gasteiger partial charge in [0.25, 0.3) is 0 Å². The highest BCUT2D eigenvalue weighted by atomic mass is 32.1. The van der Waals surface area contributed by atoms with Gasteiger partial charge in [-0.3, -0.25) is 4.79 Å². The molecule has 5 rings (SSSR count). The summed E-state index contributed by atoms with van der Waals surface area (Å²) < 4.78 is 2.08. The zero-order valence-electron chi connectivity index (χ0n) is 21.0. The molecular formula is C27H33N7OS. The number of fused-ring (bicyclic) bond motifs is 1. The lowest BCUT2D eigenvalue weighted by Gasteiger charge is -2.29. The molecule has 0 radical (unpaired) electrons. The van der Waals surface area contributed by atoms with E-state index in [1.54, 1.807) is 18.3 Å². The highest BCUT2D eigenvalue weighted by molar-refractivity contribution is 7.13. The molecule has 1 aliphatic carbocycles. The topological polar surface area (TPSA) is 96.8 Å². The van der Waals surface area contributed by atoms with Crippen LogP contribution in [-0.2, 0) is 11.3 Å². The van der Waals surface area contributed by atoms with Crippen LogP contribution < -0.4 is 16.0 Å². The van der Waals surface area contributed by atoms with E-state index in [1.165, 1.54) is 16.0 Å². The Balaban J connectivity index is 1.33. The van der Waals surface area contributed by atoms with E-state index in [2.05, 4.69) is 81.1 Å². The van der Waals surface area contributed by atoms with E-state index in [0.717, 1.165) is 42.7 Å². The summed E-state index contributed by atoms with van der Waals surface area (Å²) in [4.78, 5) is 27.0. The molecule has 4 aromatic rings. The lowest BCUT2D eigenvalue weighted by atomic mass is 9.91. The highest BCUT2D eigenvalue weighted by Crippen LogP contribution is 2.28. The van der Waals surface area contributed by atoms with Gasteiger partial charge in [0.15, 0.2) is 17.0 Å². The Morgan fingerprint density at radius 3 is 2.50 bits per heavy atom. The van der Waals surface area contributed by atoms with Crippen LogP contribution in [0, 0.1) is 0 Å². The minimum absolute atomic E-state index is 0.0408. The molecule has 3 heterocycles. The standard InChI is InChI=1S/C27H33N7OS/c1-17(2)34-16-29-24-25(28-15-19-6-8-20(9-7-19)23-5-4-14-36-23)32-27(33-26(24)34)31-22-12-10-21(11-13-22)30-18(3)35/h4-9,14,16-17,21-22H,10-13,15H2,1-3H3,(H,30,35)(H2,28,31,32,33). The fourth-order valence-electron chi connectivity index (χ4n) is 4.75. The predicted molar refractivity (Wildman–Crippen MR) is 146 cm³/mol. The third-order valence-electron chi connectivity index (χ3n) is 6.67. The van der Waals surface area contributed by atoms with Gasteiger partial charge >= 0.3 is 0 Å². The zero-order chi connectivity index (χ0) is 25.1. The molecular weight excluding hydrogens is 470 g/mol. The number of nitrogens with zero attached hydrogens (tertiary/aromatic N) is 4. The third-order valence-corrected chi connectivity index (χ3v) is 7.58. The maximum absolute atomic E-state index is 11.4. The summed E-state index contributed by atoms with van der Waals surface area (Å²) in [5.41, 5.74) is 4.01. The summed E-state index contributed by atoms with van der Waals surface area (Å²) in [6.45, 7) is 6.48. The predicted octanol–water partition coefficient (Wildman–Crippen LogP) is 5.61. The zero-order valence-corrected chi connectivity index (χ0v) is 21.8. The Hall–Kier alpha value is -3.46. The molecule has 0 unspecified atom stereocenters. The molecule has 1 fully saturated rings. The number of nitrogens with one attached hydrogen (secondary N) is 3. The molecule has 0 saturated heterocycles. The lowest BCUT2D eigenvalue weighted by Crippen LogP contribution is -2.39. The number of hydrogen-bond acceptors (Lipinski definition) is 7. The molecule has 1 aromatic carbocycles. The van der Waals surface area contributed by atoms with E-state index in [1.807, 2.05) is 6.33 Å². The second-order valence-corrected chi connectivity index (χ2v) is 10.7. The van der Waals surface area contributed by atoms with Crippen molar-refractivity contribution in [2.75, 3.05) is 10.6 Å². The van der Waals surface area contributed by atoms with Crippen LogP contribution >= 0.6 is 11.3 Å². The van der Waals surface area contributed by atoms with Gasteiger partial charge < -0.3 is 20.5 Å². The number of carbonyl (C=O) groups excluding carboxylic acids is 1. The van der Waals surface area contributed by atoms with E-state index in [0.29, 0.717) is 12.5 Å². The SMILES string of the molecule is CC(=O)NC1CCC(Nc2nc(NCc3ccc(-c4cccs4)cc3)c3ncn(C(C)C)c3n2)CC1. The monoisotopic (exact) mass is 503 g/mol. The van der Waals surface area contributed by atoms with Gasteiger partial charge in [-0.05, 0) is 62.1 Å². The van der Waals surface area contributed by atoms with Gasteiger partial charge in [-0.15, -0.1) is 11.3 Å². The van der Waals surface area contributed by atoms with E-state index in [-0.39, 0.29) is 24.0 Å². The Morgan fingerprint density at radius 2 is 1.83 bits per heavy atom. The molecule has 0 spiro atoms. The van der Waals surface area contributed by atoms with Gasteiger partial charge in [0.05, 0.1) is 6.33 Å². The van der Waals surface area contributed by atoms with Crippen LogP contribution in [0.1, 0.15) is 58.1 Å². The average molecular weight is 504 g/mol. The summed E-state index contributed by atoms with van der Waals surface area (Å²) in [7, 11) is 0. The molecule has 3 N–H and O–H groups in total. The Morgan fingerprint density at radius 1 is 1.08 bits per heavy atom. The first-order valence-corrected chi connectivity index (χ1v) is 13.5. The number of imidazole rings is 1. The molecule has 1 saturated carbocycles. The Labute approximate surface area is 215 Å². The number of anilines is 2. The lowest BCUT2D eigenvalue weighted by molar-refractivity contribution is -0.119. The smallest absolute Gasteiger partial charge is 0.227 e. The summed E-state index contributed by atoms with van der Waals surface area (Å²) >= 11 is 1.75. The molecule has 0 atom stereocenters. The van der Waals surface area contributed by atoms with Crippen LogP contribution in [0.2, 0.25) is 0 Å². The van der Waals surface area contributed by atoms with Gasteiger partial charge in [-0.25, -0.2) is 4.98 Å². The van der Waals surface area contributed by atoms with Gasteiger partial charge in [-0.2, -0.15) is 9.97 Å². The van der Waals surface area contributed by atoms with Crippen LogP contribution in [-0.4, -0.2) is 37.5 Å². The molecule has 188 valence electrons. The third kappa shape index (κ3) is 5.51. The van der Waals surface area contributed by atoms with E-state index in [9.17, 15) is 4.79 Å². The summed E-state index contributed by atoms with van der Waals surface area (Å²) in [5.74, 6) is 1.39. The van der Waals surface area contributed by atoms with Crippen molar-refractivity contribution in [1.29, 1.82) is 0 Å². The van der Waals surface area contributed by atoms with Crippen LogP contribution in [0.25, 0.3) is 21.6 Å². The first-order valence-electron chi connectivity index (χ1n) is 12.6. The molecule has 3 aromatic heterocycles. The van der Waals surface area contributed by atoms with Crippen LogP contribution in [0.5, 0.6) is 0 Å². The summed E-state index contributed by atoms with van der Waals surface area (Å²) in [5, 5.41) is 12.2. The molecule has 0 aliphatic heterocycles. The number of hydrogen-bond donors (Lipinski definition) is 3. The maximum Gasteiger partial charge on any atom is 0.227 e. The van der Waals surface area contributed by atoms with Gasteiger partial charge in [-0.1, -0.05) is 30.3 Å². The van der Waals surface area contributed by atoms with Crippen molar-refractivity contribution in [2.45, 2.75) is 71.1 Å². The summed E-state index contributed by atoms with van der Waals surface area (Å²) in [6, 6.07) is 13.6. The minimum Gasteiger partial charge on any atom is -0.364 e. The van der Waals surface area contributed by atoms with E-state index < -0.39 is 0 Å². The average Bonchev–Trinajstić information content (AvgIpc) is 3.54. The fraction of sp³-hybridized carbons (Fsp3) is 0.407. The molecule has 8 nitrogen and oxygen atoms in total. The normalized spacial score (nSPS) is 17.9. The molecule has 1 amide bonds. The van der Waals surface area contributed by atoms with Crippen molar-refractivity contribution < 1.29 is 4.79 Å². The number of thiophene rings is 1. The fourth-order valence-corrected chi connectivity index (χ4v) is 5.48. The first kappa shape index (κ1) is 24.2. The number of rotatable bonds is 8. The summed E-state index contributed by atoms with van der Waals surface area (Å²) in [6.07, 6.45) is 5.68. The first-order chi connectivity index (χ1) is 17.5. The molecule has 0 bridgehead atoms. The molecule has 9 heteroatoms. The van der Waals surface area contributed by atoms with Crippen molar-refractivity contribution in [1.82, 2.24) is 24.8 Å². The van der Waals surface area contributed by atoms with Crippen molar-refractivity contribution >= 4 is 40.2 Å². The second-order valence-electron chi connectivity index (χ2n) is 9.73. The number of carbonyl (C=O) groups is 1. The Bertz CT molecular complexity index is 1310. The van der Waals surface area contributed by atoms with Gasteiger partial charge in [0, 0.05) is 36.5 Å². The highest BCUT2D eigenvalue weighted by Gasteiger charge is 2.23. The number of amides is 1. The molecule has 36 heavy (non-hydrogen) atoms. The van der Waals surface area contributed by atoms with Crippen molar-refractivity contribution in [3.8, 4) is 10.4 Å². The Kier molecular flexibility index (Phi) is 7.18. The minimum atomic E-state index is 0.0408. The second kappa shape index (κ2) is 10.7. The van der Waals surface area contributed by atoms with Crippen LogP contribution in [0.3, 0.4) is 0 Å². The maximum atomic E-state index is 11.4. The quantitative estimate of drug-likeness (QED) is 0.289. The van der Waals surface area contributed by atoms with Crippen LogP contribution in [0.4, 0.5) is 11.8 Å². The van der Waals surface area contributed by atoms with Crippen LogP contribution in [0.15, 0.2) is 48.1 Å². The molecule has 1 aliphatic rings. The van der Waals surface area contributed by atoms with Crippen molar-refractivity contribution in [3.63, 3.8) is 0 Å². The largest absolute Gasteiger partial charge is 0.364 e. The van der Waals surface area contributed by atoms with E-state index >= 15 is 0 Å². The van der Waals surface area contributed by atoms with E-state index in [4.69, 9.17) is 9.97 Å². The van der Waals surface area contributed by atoms with Gasteiger partial charge in [0.1, 0.15) is 0 Å². The van der Waals surface area contributed by atoms with Crippen molar-refractivity contribution in [2.24, 2.45) is 0 Å².